The highest BCUT2D eigenvalue weighted by molar-refractivity contribution is 5.93. The molecule has 136 valence electrons. The summed E-state index contributed by atoms with van der Waals surface area (Å²) in [5, 5.41) is 5.20. The van der Waals surface area contributed by atoms with Gasteiger partial charge < -0.3 is 14.2 Å². The highest BCUT2D eigenvalue weighted by Gasteiger charge is 2.28. The molecule has 1 aliphatic heterocycles. The van der Waals surface area contributed by atoms with Gasteiger partial charge in [0.2, 0.25) is 0 Å². The highest BCUT2D eigenvalue weighted by Crippen LogP contribution is 2.25. The van der Waals surface area contributed by atoms with Crippen LogP contribution in [0.5, 0.6) is 0 Å². The zero-order valence-electron chi connectivity index (χ0n) is 15.2. The van der Waals surface area contributed by atoms with Crippen molar-refractivity contribution >= 4 is 22.8 Å². The van der Waals surface area contributed by atoms with Crippen molar-refractivity contribution in [2.24, 2.45) is 7.05 Å². The number of rotatable bonds is 3. The van der Waals surface area contributed by atoms with Crippen LogP contribution in [-0.4, -0.2) is 56.7 Å². The van der Waals surface area contributed by atoms with Crippen LogP contribution in [-0.2, 0) is 7.05 Å². The first-order valence-corrected chi connectivity index (χ1v) is 8.80. The van der Waals surface area contributed by atoms with E-state index in [0.29, 0.717) is 31.9 Å². The number of piperazine rings is 1. The number of hydrogen-bond donors (Lipinski definition) is 0. The first-order chi connectivity index (χ1) is 12.6. The molecule has 0 unspecified atom stereocenters. The Labute approximate surface area is 151 Å². The van der Waals surface area contributed by atoms with Crippen molar-refractivity contribution in [3.8, 4) is 0 Å². The summed E-state index contributed by atoms with van der Waals surface area (Å²) in [6, 6.07) is 1.88. The summed E-state index contributed by atoms with van der Waals surface area (Å²) in [6.45, 7) is 6.81. The van der Waals surface area contributed by atoms with E-state index in [1.54, 1.807) is 23.5 Å². The normalized spacial score (nSPS) is 15.2. The Morgan fingerprint density at radius 1 is 1.19 bits per heavy atom. The summed E-state index contributed by atoms with van der Waals surface area (Å²) in [7, 11) is 1.87. The third kappa shape index (κ3) is 2.71. The van der Waals surface area contributed by atoms with Gasteiger partial charge >= 0.3 is 0 Å². The average Bonchev–Trinajstić information content (AvgIpc) is 3.29. The topological polar surface area (TPSA) is 80.3 Å². The smallest absolute Gasteiger partial charge is 0.289 e. The molecule has 0 aromatic carbocycles. The van der Waals surface area contributed by atoms with E-state index in [-0.39, 0.29) is 11.8 Å². The molecule has 3 aromatic heterocycles. The van der Waals surface area contributed by atoms with Crippen LogP contribution in [0.2, 0.25) is 0 Å². The molecule has 0 atom stereocenters. The number of carbonyl (C=O) groups excluding carboxylic acids is 1. The molecule has 0 saturated carbocycles. The fourth-order valence-corrected chi connectivity index (χ4v) is 3.41. The third-order valence-corrected chi connectivity index (χ3v) is 4.89. The van der Waals surface area contributed by atoms with E-state index >= 15 is 0 Å². The molecule has 0 aliphatic carbocycles. The summed E-state index contributed by atoms with van der Waals surface area (Å²) >= 11 is 0. The van der Waals surface area contributed by atoms with E-state index in [1.165, 1.54) is 0 Å². The fraction of sp³-hybridized carbons (Fsp3) is 0.444. The zero-order chi connectivity index (χ0) is 18.3. The van der Waals surface area contributed by atoms with Gasteiger partial charge in [0.05, 0.1) is 17.8 Å². The van der Waals surface area contributed by atoms with Crippen LogP contribution in [0.4, 0.5) is 5.82 Å². The van der Waals surface area contributed by atoms with Gasteiger partial charge in [-0.15, -0.1) is 0 Å². The maximum Gasteiger partial charge on any atom is 0.289 e. The Hall–Kier alpha value is -2.90. The number of amides is 1. The number of anilines is 1. The average molecular weight is 354 g/mol. The first-order valence-electron chi connectivity index (χ1n) is 8.80. The molecule has 1 aliphatic rings. The second-order valence-electron chi connectivity index (χ2n) is 6.84. The predicted molar refractivity (Wildman–Crippen MR) is 97.2 cm³/mol. The van der Waals surface area contributed by atoms with Gasteiger partial charge in [0.25, 0.3) is 5.91 Å². The standard InChI is InChI=1S/C18H22N6O2/c1-12(2)13-4-9-26-15(13)18(25)24-7-5-23(6-8-24)17-14-10-21-22(3)16(14)19-11-20-17/h4,9-12H,5-8H2,1-3H3. The minimum Gasteiger partial charge on any atom is -0.459 e. The van der Waals surface area contributed by atoms with Crippen LogP contribution < -0.4 is 4.90 Å². The lowest BCUT2D eigenvalue weighted by molar-refractivity contribution is 0.0712. The van der Waals surface area contributed by atoms with Gasteiger partial charge in [-0.1, -0.05) is 13.8 Å². The third-order valence-electron chi connectivity index (χ3n) is 4.89. The van der Waals surface area contributed by atoms with Gasteiger partial charge in [0, 0.05) is 38.8 Å². The van der Waals surface area contributed by atoms with E-state index in [0.717, 1.165) is 22.4 Å². The largest absolute Gasteiger partial charge is 0.459 e. The molecule has 8 nitrogen and oxygen atoms in total. The van der Waals surface area contributed by atoms with Gasteiger partial charge in [-0.25, -0.2) is 9.97 Å². The van der Waals surface area contributed by atoms with Crippen molar-refractivity contribution in [3.63, 3.8) is 0 Å². The molecule has 4 heterocycles. The predicted octanol–water partition coefficient (Wildman–Crippen LogP) is 2.04. The molecule has 0 radical (unpaired) electrons. The van der Waals surface area contributed by atoms with Crippen molar-refractivity contribution in [3.05, 3.63) is 36.2 Å². The lowest BCUT2D eigenvalue weighted by atomic mass is 10.0. The highest BCUT2D eigenvalue weighted by atomic mass is 16.3. The Morgan fingerprint density at radius 3 is 2.69 bits per heavy atom. The maximum absolute atomic E-state index is 12.8. The van der Waals surface area contributed by atoms with E-state index in [4.69, 9.17) is 4.42 Å². The summed E-state index contributed by atoms with van der Waals surface area (Å²) in [4.78, 5) is 25.6. The molecule has 1 fully saturated rings. The van der Waals surface area contributed by atoms with Crippen molar-refractivity contribution in [1.82, 2.24) is 24.6 Å². The van der Waals surface area contributed by atoms with Gasteiger partial charge in [0.15, 0.2) is 11.4 Å². The van der Waals surface area contributed by atoms with Gasteiger partial charge in [-0.3, -0.25) is 9.48 Å². The fourth-order valence-electron chi connectivity index (χ4n) is 3.41. The first kappa shape index (κ1) is 16.6. The minimum atomic E-state index is -0.0347. The van der Waals surface area contributed by atoms with Crippen molar-refractivity contribution in [2.45, 2.75) is 19.8 Å². The SMILES string of the molecule is CC(C)c1ccoc1C(=O)N1CCN(c2ncnc3c2cnn3C)CC1. The molecule has 1 amide bonds. The summed E-state index contributed by atoms with van der Waals surface area (Å²) in [5.41, 5.74) is 1.77. The van der Waals surface area contributed by atoms with Crippen LogP contribution in [0.1, 0.15) is 35.9 Å². The van der Waals surface area contributed by atoms with Gasteiger partial charge in [0.1, 0.15) is 12.1 Å². The lowest BCUT2D eigenvalue weighted by Gasteiger charge is -2.35. The van der Waals surface area contributed by atoms with Gasteiger partial charge in [-0.05, 0) is 12.0 Å². The van der Waals surface area contributed by atoms with Crippen molar-refractivity contribution in [2.75, 3.05) is 31.1 Å². The second kappa shape index (κ2) is 6.44. The second-order valence-corrected chi connectivity index (χ2v) is 6.84. The number of aryl methyl sites for hydroxylation is 1. The maximum atomic E-state index is 12.8. The molecular formula is C18H22N6O2. The van der Waals surface area contributed by atoms with E-state index < -0.39 is 0 Å². The summed E-state index contributed by atoms with van der Waals surface area (Å²) in [6.07, 6.45) is 4.95. The molecule has 0 spiro atoms. The molecule has 3 aromatic rings. The molecule has 4 rings (SSSR count). The number of hydrogen-bond acceptors (Lipinski definition) is 6. The molecule has 1 saturated heterocycles. The monoisotopic (exact) mass is 354 g/mol. The number of aromatic nitrogens is 4. The lowest BCUT2D eigenvalue weighted by Crippen LogP contribution is -2.49. The summed E-state index contributed by atoms with van der Waals surface area (Å²) < 4.78 is 7.22. The van der Waals surface area contributed by atoms with E-state index in [2.05, 4.69) is 33.8 Å². The van der Waals surface area contributed by atoms with Crippen LogP contribution in [0.3, 0.4) is 0 Å². The van der Waals surface area contributed by atoms with Crippen LogP contribution in [0.25, 0.3) is 11.0 Å². The molecular weight excluding hydrogens is 332 g/mol. The van der Waals surface area contributed by atoms with Crippen molar-refractivity contribution < 1.29 is 9.21 Å². The zero-order valence-corrected chi connectivity index (χ0v) is 15.2. The molecule has 8 heteroatoms. The minimum absolute atomic E-state index is 0.0347. The number of furan rings is 1. The molecule has 0 bridgehead atoms. The number of fused-ring (bicyclic) bond motifs is 1. The van der Waals surface area contributed by atoms with Crippen molar-refractivity contribution in [1.29, 1.82) is 0 Å². The Kier molecular flexibility index (Phi) is 4.10. The Morgan fingerprint density at radius 2 is 1.96 bits per heavy atom. The Bertz CT molecular complexity index is 936. The van der Waals surface area contributed by atoms with E-state index in [9.17, 15) is 4.79 Å². The van der Waals surface area contributed by atoms with Crippen LogP contribution >= 0.6 is 0 Å². The molecule has 0 N–H and O–H groups in total. The van der Waals surface area contributed by atoms with Crippen LogP contribution in [0.15, 0.2) is 29.3 Å². The molecule has 26 heavy (non-hydrogen) atoms. The number of carbonyl (C=O) groups is 1. The van der Waals surface area contributed by atoms with E-state index in [1.807, 2.05) is 18.0 Å². The number of nitrogens with zero attached hydrogens (tertiary/aromatic N) is 6. The Balaban J connectivity index is 1.50. The van der Waals surface area contributed by atoms with Crippen LogP contribution in [0, 0.1) is 0 Å². The summed E-state index contributed by atoms with van der Waals surface area (Å²) in [5.74, 6) is 1.56. The van der Waals surface area contributed by atoms with Gasteiger partial charge in [-0.2, -0.15) is 5.10 Å². The quantitative estimate of drug-likeness (QED) is 0.716.